The molecule has 0 atom stereocenters. The number of amides is 1. The molecule has 3 rings (SSSR count). The number of aryl methyl sites for hydroxylation is 1. The van der Waals surface area contributed by atoms with Crippen LogP contribution in [0.3, 0.4) is 0 Å². The third kappa shape index (κ3) is 3.05. The van der Waals surface area contributed by atoms with Gasteiger partial charge in [0, 0.05) is 19.4 Å². The average Bonchev–Trinajstić information content (AvgIpc) is 2.90. The van der Waals surface area contributed by atoms with Crippen molar-refractivity contribution in [1.82, 2.24) is 10.3 Å². The first-order valence-electron chi connectivity index (χ1n) is 7.37. The van der Waals surface area contributed by atoms with Gasteiger partial charge in [-0.3, -0.25) is 4.79 Å². The second-order valence-corrected chi connectivity index (χ2v) is 4.99. The van der Waals surface area contributed by atoms with Crippen molar-refractivity contribution >= 4 is 5.91 Å². The first-order chi connectivity index (χ1) is 10.8. The van der Waals surface area contributed by atoms with Crippen molar-refractivity contribution in [3.8, 4) is 11.5 Å². The van der Waals surface area contributed by atoms with Gasteiger partial charge in [-0.15, -0.1) is 0 Å². The Balaban J connectivity index is 1.66. The van der Waals surface area contributed by atoms with E-state index in [1.54, 1.807) is 0 Å². The van der Waals surface area contributed by atoms with Gasteiger partial charge in [-0.05, 0) is 17.7 Å². The van der Waals surface area contributed by atoms with Crippen molar-refractivity contribution in [3.63, 3.8) is 0 Å². The fourth-order valence-corrected chi connectivity index (χ4v) is 2.29. The molecule has 6 heteroatoms. The molecule has 0 saturated heterocycles. The lowest BCUT2D eigenvalue weighted by molar-refractivity contribution is 0.0944. The van der Waals surface area contributed by atoms with Gasteiger partial charge in [-0.2, -0.15) is 0 Å². The Hall–Kier alpha value is -2.50. The molecule has 1 aromatic carbocycles. The lowest BCUT2D eigenvalue weighted by Gasteiger charge is -2.10. The Morgan fingerprint density at radius 2 is 2.09 bits per heavy atom. The van der Waals surface area contributed by atoms with Crippen molar-refractivity contribution in [2.75, 3.05) is 13.2 Å². The number of benzene rings is 1. The van der Waals surface area contributed by atoms with Crippen LogP contribution in [0.15, 0.2) is 29.0 Å². The molecule has 22 heavy (non-hydrogen) atoms. The van der Waals surface area contributed by atoms with Crippen molar-refractivity contribution in [1.29, 1.82) is 0 Å². The maximum Gasteiger partial charge on any atom is 0.273 e. The van der Waals surface area contributed by atoms with Gasteiger partial charge in [-0.25, -0.2) is 4.98 Å². The molecule has 0 spiro atoms. The quantitative estimate of drug-likeness (QED) is 0.938. The van der Waals surface area contributed by atoms with Crippen LogP contribution in [-0.2, 0) is 13.0 Å². The number of carbonyl (C=O) groups is 1. The molecule has 0 aliphatic carbocycles. The number of aromatic nitrogens is 1. The minimum atomic E-state index is -0.238. The highest BCUT2D eigenvalue weighted by Gasteiger charge is 2.15. The standard InChI is InChI=1S/C16H18N2O4/c1-2-12-15(18-10-22-12)16(19)17-9-11-4-5-13-14(8-11)21-7-3-6-20-13/h4-5,8,10H,2-3,6-7,9H2,1H3,(H,17,19). The summed E-state index contributed by atoms with van der Waals surface area (Å²) in [4.78, 5) is 16.1. The van der Waals surface area contributed by atoms with E-state index in [-0.39, 0.29) is 5.91 Å². The Morgan fingerprint density at radius 1 is 1.27 bits per heavy atom. The lowest BCUT2D eigenvalue weighted by Crippen LogP contribution is -2.24. The molecular formula is C16H18N2O4. The van der Waals surface area contributed by atoms with Gasteiger partial charge in [0.25, 0.3) is 5.91 Å². The summed E-state index contributed by atoms with van der Waals surface area (Å²) in [5, 5.41) is 2.84. The molecule has 0 fully saturated rings. The second-order valence-electron chi connectivity index (χ2n) is 4.99. The summed E-state index contributed by atoms with van der Waals surface area (Å²) in [6.07, 6.45) is 2.79. The number of ether oxygens (including phenoxy) is 2. The minimum absolute atomic E-state index is 0.238. The lowest BCUT2D eigenvalue weighted by atomic mass is 10.2. The summed E-state index contributed by atoms with van der Waals surface area (Å²) < 4.78 is 16.4. The largest absolute Gasteiger partial charge is 0.490 e. The highest BCUT2D eigenvalue weighted by molar-refractivity contribution is 5.93. The summed E-state index contributed by atoms with van der Waals surface area (Å²) in [7, 11) is 0. The number of carbonyl (C=O) groups excluding carboxylic acids is 1. The number of nitrogens with one attached hydrogen (secondary N) is 1. The fraction of sp³-hybridized carbons (Fsp3) is 0.375. The van der Waals surface area contributed by atoms with Crippen molar-refractivity contribution in [2.45, 2.75) is 26.3 Å². The van der Waals surface area contributed by atoms with Crippen LogP contribution in [0.4, 0.5) is 0 Å². The zero-order chi connectivity index (χ0) is 15.4. The third-order valence-corrected chi connectivity index (χ3v) is 3.44. The number of hydrogen-bond donors (Lipinski definition) is 1. The van der Waals surface area contributed by atoms with E-state index in [1.807, 2.05) is 25.1 Å². The number of fused-ring (bicyclic) bond motifs is 1. The van der Waals surface area contributed by atoms with Crippen molar-refractivity contribution in [2.24, 2.45) is 0 Å². The second kappa shape index (κ2) is 6.51. The Bertz CT molecular complexity index is 666. The van der Waals surface area contributed by atoms with E-state index < -0.39 is 0 Å². The zero-order valence-corrected chi connectivity index (χ0v) is 12.4. The van der Waals surface area contributed by atoms with Crippen LogP contribution >= 0.6 is 0 Å². The summed E-state index contributed by atoms with van der Waals surface area (Å²) in [5.41, 5.74) is 1.29. The maximum absolute atomic E-state index is 12.1. The van der Waals surface area contributed by atoms with Gasteiger partial charge in [0.15, 0.2) is 23.6 Å². The zero-order valence-electron chi connectivity index (χ0n) is 12.4. The molecule has 2 aromatic rings. The van der Waals surface area contributed by atoms with Crippen molar-refractivity contribution in [3.05, 3.63) is 41.6 Å². The first-order valence-corrected chi connectivity index (χ1v) is 7.37. The van der Waals surface area contributed by atoms with Crippen molar-refractivity contribution < 1.29 is 18.7 Å². The van der Waals surface area contributed by atoms with Gasteiger partial charge < -0.3 is 19.2 Å². The Kier molecular flexibility index (Phi) is 4.27. The Labute approximate surface area is 128 Å². The third-order valence-electron chi connectivity index (χ3n) is 3.44. The summed E-state index contributed by atoms with van der Waals surface area (Å²) in [5.74, 6) is 1.83. The molecule has 116 valence electrons. The van der Waals surface area contributed by atoms with E-state index in [1.165, 1.54) is 6.39 Å². The van der Waals surface area contributed by atoms with Gasteiger partial charge >= 0.3 is 0 Å². The smallest absolute Gasteiger partial charge is 0.273 e. The first kappa shape index (κ1) is 14.4. The summed E-state index contributed by atoms with van der Waals surface area (Å²) in [6.45, 7) is 3.61. The van der Waals surface area contributed by atoms with Gasteiger partial charge in [0.2, 0.25) is 0 Å². The van der Waals surface area contributed by atoms with Crippen LogP contribution in [0.25, 0.3) is 0 Å². The number of nitrogens with zero attached hydrogens (tertiary/aromatic N) is 1. The van der Waals surface area contributed by atoms with Crippen LogP contribution in [0.5, 0.6) is 11.5 Å². The van der Waals surface area contributed by atoms with Crippen LogP contribution in [0, 0.1) is 0 Å². The number of oxazole rings is 1. The molecule has 0 unspecified atom stereocenters. The van der Waals surface area contributed by atoms with Crippen LogP contribution < -0.4 is 14.8 Å². The fourth-order valence-electron chi connectivity index (χ4n) is 2.29. The van der Waals surface area contributed by atoms with E-state index in [2.05, 4.69) is 10.3 Å². The molecule has 0 bridgehead atoms. The topological polar surface area (TPSA) is 73.6 Å². The van der Waals surface area contributed by atoms with E-state index in [4.69, 9.17) is 13.9 Å². The SMILES string of the molecule is CCc1ocnc1C(=O)NCc1ccc2c(c1)OCCCO2. The van der Waals surface area contributed by atoms with Crippen LogP contribution in [0.2, 0.25) is 0 Å². The van der Waals surface area contributed by atoms with E-state index in [9.17, 15) is 4.79 Å². The highest BCUT2D eigenvalue weighted by Crippen LogP contribution is 2.30. The van der Waals surface area contributed by atoms with E-state index in [0.717, 1.165) is 23.5 Å². The summed E-state index contributed by atoms with van der Waals surface area (Å²) >= 11 is 0. The van der Waals surface area contributed by atoms with E-state index in [0.29, 0.717) is 37.6 Å². The molecule has 1 N–H and O–H groups in total. The predicted octanol–water partition coefficient (Wildman–Crippen LogP) is 2.33. The molecular weight excluding hydrogens is 284 g/mol. The van der Waals surface area contributed by atoms with Crippen LogP contribution in [-0.4, -0.2) is 24.1 Å². The highest BCUT2D eigenvalue weighted by atomic mass is 16.5. The molecule has 1 aromatic heterocycles. The molecule has 0 radical (unpaired) electrons. The minimum Gasteiger partial charge on any atom is -0.490 e. The monoisotopic (exact) mass is 302 g/mol. The van der Waals surface area contributed by atoms with Gasteiger partial charge in [0.05, 0.1) is 13.2 Å². The molecule has 1 aliphatic rings. The van der Waals surface area contributed by atoms with Crippen LogP contribution in [0.1, 0.15) is 35.2 Å². The molecule has 1 amide bonds. The van der Waals surface area contributed by atoms with Gasteiger partial charge in [0.1, 0.15) is 5.76 Å². The molecule has 2 heterocycles. The molecule has 6 nitrogen and oxygen atoms in total. The van der Waals surface area contributed by atoms with Gasteiger partial charge in [-0.1, -0.05) is 13.0 Å². The maximum atomic E-state index is 12.1. The number of rotatable bonds is 4. The van der Waals surface area contributed by atoms with E-state index >= 15 is 0 Å². The Morgan fingerprint density at radius 3 is 2.91 bits per heavy atom. The average molecular weight is 302 g/mol. The summed E-state index contributed by atoms with van der Waals surface area (Å²) in [6, 6.07) is 5.68. The molecule has 1 aliphatic heterocycles. The normalized spacial score (nSPS) is 13.5. The predicted molar refractivity (Wildman–Crippen MR) is 79.1 cm³/mol. The molecule has 0 saturated carbocycles. The number of hydrogen-bond acceptors (Lipinski definition) is 5.